The zero-order chi connectivity index (χ0) is 18.7. The molecule has 1 aliphatic carbocycles. The second-order valence-electron chi connectivity index (χ2n) is 6.87. The van der Waals surface area contributed by atoms with Crippen LogP contribution in [-0.4, -0.2) is 47.4 Å². The van der Waals surface area contributed by atoms with Crippen LogP contribution in [0.5, 0.6) is 0 Å². The third kappa shape index (κ3) is 6.36. The van der Waals surface area contributed by atoms with E-state index in [0.29, 0.717) is 12.6 Å². The number of nitrogens with one attached hydrogen (secondary N) is 3. The van der Waals surface area contributed by atoms with Crippen LogP contribution >= 0.6 is 0 Å². The van der Waals surface area contributed by atoms with Gasteiger partial charge in [-0.2, -0.15) is 5.10 Å². The average molecular weight is 371 g/mol. The molecule has 7 nitrogen and oxygen atoms in total. The summed E-state index contributed by atoms with van der Waals surface area (Å²) in [7, 11) is 1.79. The molecule has 0 saturated heterocycles. The Kier molecular flexibility index (Phi) is 7.65. The molecule has 1 aliphatic rings. The van der Waals surface area contributed by atoms with E-state index in [0.717, 1.165) is 42.5 Å². The van der Waals surface area contributed by atoms with Crippen molar-refractivity contribution in [2.75, 3.05) is 20.2 Å². The molecule has 2 aromatic rings. The summed E-state index contributed by atoms with van der Waals surface area (Å²) in [5, 5.41) is 13.5. The highest BCUT2D eigenvalue weighted by atomic mass is 16.5. The van der Waals surface area contributed by atoms with Gasteiger partial charge in [-0.15, -0.1) is 0 Å². The quantitative estimate of drug-likeness (QED) is 0.378. The fourth-order valence-electron chi connectivity index (χ4n) is 3.34. The number of aromatic amines is 1. The van der Waals surface area contributed by atoms with Crippen LogP contribution in [0.2, 0.25) is 0 Å². The lowest BCUT2D eigenvalue weighted by Crippen LogP contribution is -2.37. The molecule has 1 saturated carbocycles. The molecule has 27 heavy (non-hydrogen) atoms. The van der Waals surface area contributed by atoms with Gasteiger partial charge in [0.05, 0.1) is 6.10 Å². The first-order valence-electron chi connectivity index (χ1n) is 9.86. The first-order valence-corrected chi connectivity index (χ1v) is 9.86. The molecule has 0 radical (unpaired) electrons. The minimum absolute atomic E-state index is 0.479. The van der Waals surface area contributed by atoms with E-state index in [-0.39, 0.29) is 0 Å². The Bertz CT molecular complexity index is 694. The van der Waals surface area contributed by atoms with Gasteiger partial charge in [0.1, 0.15) is 6.33 Å². The second kappa shape index (κ2) is 10.7. The molecule has 146 valence electrons. The first kappa shape index (κ1) is 19.4. The lowest BCUT2D eigenvalue weighted by atomic mass is 9.98. The number of hydrogen-bond donors (Lipinski definition) is 3. The van der Waals surface area contributed by atoms with Crippen molar-refractivity contribution in [1.29, 1.82) is 0 Å². The molecule has 1 heterocycles. The Labute approximate surface area is 161 Å². The predicted octanol–water partition coefficient (Wildman–Crippen LogP) is 2.88. The standard InChI is InChI=1S/C20H30N6O/c1-21-20(22-11-6-12-27-18-9-3-2-4-10-18)23-14-16-7-5-8-17(13-16)19-24-15-25-26-19/h5,7-8,13,15,18H,2-4,6,9-12,14H2,1H3,(H2,21,22,23)(H,24,25,26). The van der Waals surface area contributed by atoms with Gasteiger partial charge in [-0.05, 0) is 30.9 Å². The molecular formula is C20H30N6O. The largest absolute Gasteiger partial charge is 0.378 e. The molecule has 7 heteroatoms. The summed E-state index contributed by atoms with van der Waals surface area (Å²) in [5.74, 6) is 1.58. The van der Waals surface area contributed by atoms with Crippen LogP contribution < -0.4 is 10.6 Å². The number of ether oxygens (including phenoxy) is 1. The van der Waals surface area contributed by atoms with Crippen molar-refractivity contribution in [2.45, 2.75) is 51.2 Å². The summed E-state index contributed by atoms with van der Waals surface area (Å²) >= 11 is 0. The van der Waals surface area contributed by atoms with Gasteiger partial charge >= 0.3 is 0 Å². The number of nitrogens with zero attached hydrogens (tertiary/aromatic N) is 3. The van der Waals surface area contributed by atoms with Gasteiger partial charge in [0.15, 0.2) is 11.8 Å². The van der Waals surface area contributed by atoms with Crippen molar-refractivity contribution >= 4 is 5.96 Å². The molecule has 1 aromatic carbocycles. The molecule has 0 bridgehead atoms. The van der Waals surface area contributed by atoms with Gasteiger partial charge in [-0.25, -0.2) is 4.98 Å². The Hall–Kier alpha value is -2.41. The molecule has 0 aliphatic heterocycles. The third-order valence-electron chi connectivity index (χ3n) is 4.82. The molecule has 0 spiro atoms. The van der Waals surface area contributed by atoms with E-state index in [9.17, 15) is 0 Å². The zero-order valence-electron chi connectivity index (χ0n) is 16.1. The smallest absolute Gasteiger partial charge is 0.191 e. The van der Waals surface area contributed by atoms with E-state index in [1.54, 1.807) is 7.05 Å². The summed E-state index contributed by atoms with van der Waals surface area (Å²) in [4.78, 5) is 8.48. The molecule has 3 N–H and O–H groups in total. The van der Waals surface area contributed by atoms with Crippen LogP contribution in [0.3, 0.4) is 0 Å². The average Bonchev–Trinajstić information content (AvgIpc) is 3.26. The molecule has 0 unspecified atom stereocenters. The molecule has 3 rings (SSSR count). The summed E-state index contributed by atoms with van der Waals surface area (Å²) in [6.07, 6.45) is 9.43. The molecule has 0 atom stereocenters. The highest BCUT2D eigenvalue weighted by molar-refractivity contribution is 5.79. The van der Waals surface area contributed by atoms with Gasteiger partial charge in [0.2, 0.25) is 0 Å². The molecule has 0 amide bonds. The van der Waals surface area contributed by atoms with Crippen molar-refractivity contribution in [3.63, 3.8) is 0 Å². The number of aliphatic imine (C=N–C) groups is 1. The van der Waals surface area contributed by atoms with E-state index in [1.807, 2.05) is 12.1 Å². The van der Waals surface area contributed by atoms with E-state index in [2.05, 4.69) is 42.9 Å². The molecule has 1 aromatic heterocycles. The van der Waals surface area contributed by atoms with Gasteiger partial charge in [-0.3, -0.25) is 10.1 Å². The number of hydrogen-bond acceptors (Lipinski definition) is 4. The Morgan fingerprint density at radius 1 is 1.26 bits per heavy atom. The van der Waals surface area contributed by atoms with Crippen LogP contribution in [0.4, 0.5) is 0 Å². The van der Waals surface area contributed by atoms with Gasteiger partial charge in [0.25, 0.3) is 0 Å². The summed E-state index contributed by atoms with van der Waals surface area (Å²) < 4.78 is 5.96. The fraction of sp³-hybridized carbons (Fsp3) is 0.550. The zero-order valence-corrected chi connectivity index (χ0v) is 16.1. The fourth-order valence-corrected chi connectivity index (χ4v) is 3.34. The minimum Gasteiger partial charge on any atom is -0.378 e. The number of benzene rings is 1. The summed E-state index contributed by atoms with van der Waals surface area (Å²) in [5.41, 5.74) is 2.18. The third-order valence-corrected chi connectivity index (χ3v) is 4.82. The Morgan fingerprint density at radius 3 is 2.93 bits per heavy atom. The summed E-state index contributed by atoms with van der Waals surface area (Å²) in [6.45, 7) is 2.36. The summed E-state index contributed by atoms with van der Waals surface area (Å²) in [6, 6.07) is 8.22. The van der Waals surface area contributed by atoms with Crippen molar-refractivity contribution in [1.82, 2.24) is 25.8 Å². The molecule has 1 fully saturated rings. The maximum atomic E-state index is 5.96. The van der Waals surface area contributed by atoms with E-state index in [1.165, 1.54) is 38.4 Å². The van der Waals surface area contributed by atoms with Crippen LogP contribution in [0.15, 0.2) is 35.6 Å². The minimum atomic E-state index is 0.479. The highest BCUT2D eigenvalue weighted by Gasteiger charge is 2.13. The Morgan fingerprint density at radius 2 is 2.15 bits per heavy atom. The monoisotopic (exact) mass is 370 g/mol. The topological polar surface area (TPSA) is 87.2 Å². The number of rotatable bonds is 8. The van der Waals surface area contributed by atoms with E-state index >= 15 is 0 Å². The normalized spacial score (nSPS) is 15.7. The number of H-pyrrole nitrogens is 1. The van der Waals surface area contributed by atoms with Crippen molar-refractivity contribution in [3.05, 3.63) is 36.2 Å². The lowest BCUT2D eigenvalue weighted by Gasteiger charge is -2.22. The Balaban J connectivity index is 1.36. The SMILES string of the molecule is CN=C(NCCCOC1CCCCC1)NCc1cccc(-c2ncn[nH]2)c1. The van der Waals surface area contributed by atoms with E-state index in [4.69, 9.17) is 4.74 Å². The van der Waals surface area contributed by atoms with Crippen LogP contribution in [0.25, 0.3) is 11.4 Å². The maximum absolute atomic E-state index is 5.96. The van der Waals surface area contributed by atoms with Crippen LogP contribution in [0.1, 0.15) is 44.1 Å². The van der Waals surface area contributed by atoms with Gasteiger partial charge in [0, 0.05) is 32.3 Å². The van der Waals surface area contributed by atoms with Gasteiger partial charge < -0.3 is 15.4 Å². The van der Waals surface area contributed by atoms with Gasteiger partial charge in [-0.1, -0.05) is 37.5 Å². The predicted molar refractivity (Wildman–Crippen MR) is 107 cm³/mol. The second-order valence-corrected chi connectivity index (χ2v) is 6.87. The van der Waals surface area contributed by atoms with Crippen molar-refractivity contribution < 1.29 is 4.74 Å². The van der Waals surface area contributed by atoms with Crippen molar-refractivity contribution in [3.8, 4) is 11.4 Å². The van der Waals surface area contributed by atoms with E-state index < -0.39 is 0 Å². The van der Waals surface area contributed by atoms with Crippen LogP contribution in [0, 0.1) is 0 Å². The number of aromatic nitrogens is 3. The highest BCUT2D eigenvalue weighted by Crippen LogP contribution is 2.20. The lowest BCUT2D eigenvalue weighted by molar-refractivity contribution is 0.0277. The first-order chi connectivity index (χ1) is 13.3. The maximum Gasteiger partial charge on any atom is 0.191 e. The molecular weight excluding hydrogens is 340 g/mol. The van der Waals surface area contributed by atoms with Crippen LogP contribution in [-0.2, 0) is 11.3 Å². The van der Waals surface area contributed by atoms with Crippen molar-refractivity contribution in [2.24, 2.45) is 4.99 Å². The number of guanidine groups is 1.